The van der Waals surface area contributed by atoms with Crippen molar-refractivity contribution in [2.24, 2.45) is 0 Å². The Morgan fingerprint density at radius 3 is 2.58 bits per heavy atom. The molecule has 3 nitrogen and oxygen atoms in total. The van der Waals surface area contributed by atoms with Gasteiger partial charge in [-0.05, 0) is 0 Å². The third kappa shape index (κ3) is 6.63. The molecule has 1 aromatic carbocycles. The fourth-order valence-corrected chi connectivity index (χ4v) is 2.53. The van der Waals surface area contributed by atoms with Gasteiger partial charge in [0.15, 0.2) is 0 Å². The molecule has 99 valence electrons. The predicted octanol–water partition coefficient (Wildman–Crippen LogP) is 2.90. The first-order valence-corrected chi connectivity index (χ1v) is 8.29. The van der Waals surface area contributed by atoms with Crippen LogP contribution in [0.1, 0.15) is 55.8 Å². The number of hydrogen-bond acceptors (Lipinski definition) is 3. The summed E-state index contributed by atoms with van der Waals surface area (Å²) in [5.74, 6) is -0.951. The Balaban J connectivity index is 2.30. The predicted molar refractivity (Wildman–Crippen MR) is 69.9 cm³/mol. The number of unbranched alkanes of at least 4 members (excludes halogenated alkanes) is 4. The van der Waals surface area contributed by atoms with E-state index in [0.717, 1.165) is 41.7 Å². The maximum absolute atomic E-state index is 11.7. The van der Waals surface area contributed by atoms with Crippen molar-refractivity contribution in [3.8, 4) is 0 Å². The van der Waals surface area contributed by atoms with Gasteiger partial charge in [0.2, 0.25) is 0 Å². The van der Waals surface area contributed by atoms with Crippen LogP contribution in [-0.2, 0) is 27.8 Å². The van der Waals surface area contributed by atoms with E-state index in [0.29, 0.717) is 12.0 Å². The number of ether oxygens (including phenoxy) is 1. The summed E-state index contributed by atoms with van der Waals surface area (Å²) in [6.45, 7) is 2.15. The van der Waals surface area contributed by atoms with Gasteiger partial charge >= 0.3 is 117 Å². The van der Waals surface area contributed by atoms with Gasteiger partial charge in [-0.1, -0.05) is 6.92 Å². The van der Waals surface area contributed by atoms with Crippen LogP contribution in [0.2, 0.25) is 0 Å². The minimum atomic E-state index is -0.533. The number of carbonyl (C=O) groups is 2. The zero-order valence-electron chi connectivity index (χ0n) is 11.5. The Morgan fingerprint density at radius 1 is 1.16 bits per heavy atom. The van der Waals surface area contributed by atoms with E-state index in [1.165, 1.54) is 12.8 Å². The standard InChI is InChI=1S/C15H19O3.Zn/c1-2-3-4-5-9-12-14(16)18-15(17)13-10-7-6-8-11-13;/h6-7,10-11H,2-5,9,12H2,1H3;. The fourth-order valence-electron chi connectivity index (χ4n) is 1.78. The molecule has 0 spiro atoms. The van der Waals surface area contributed by atoms with Crippen molar-refractivity contribution in [2.75, 3.05) is 0 Å². The van der Waals surface area contributed by atoms with E-state index in [2.05, 4.69) is 6.92 Å². The first-order valence-electron chi connectivity index (χ1n) is 6.80. The van der Waals surface area contributed by atoms with Crippen LogP contribution in [0.15, 0.2) is 24.3 Å². The first-order chi connectivity index (χ1) is 9.13. The number of hydrogen-bond donors (Lipinski definition) is 0. The molecule has 0 saturated heterocycles. The van der Waals surface area contributed by atoms with E-state index in [-0.39, 0.29) is 0 Å². The van der Waals surface area contributed by atoms with Crippen LogP contribution in [0.25, 0.3) is 0 Å². The van der Waals surface area contributed by atoms with Gasteiger partial charge in [-0.25, -0.2) is 0 Å². The van der Waals surface area contributed by atoms with Gasteiger partial charge in [-0.15, -0.1) is 0 Å². The second-order valence-corrected chi connectivity index (χ2v) is 6.34. The van der Waals surface area contributed by atoms with E-state index >= 15 is 0 Å². The van der Waals surface area contributed by atoms with Gasteiger partial charge in [-0.2, -0.15) is 0 Å². The molecule has 0 heterocycles. The topological polar surface area (TPSA) is 43.4 Å². The van der Waals surface area contributed by atoms with Crippen LogP contribution in [-0.4, -0.2) is 11.9 Å². The molecule has 1 aromatic rings. The van der Waals surface area contributed by atoms with Crippen molar-refractivity contribution in [1.82, 2.24) is 0 Å². The van der Waals surface area contributed by atoms with Crippen LogP contribution in [0, 0.1) is 0 Å². The van der Waals surface area contributed by atoms with Gasteiger partial charge in [0.25, 0.3) is 0 Å². The molecule has 0 radical (unpaired) electrons. The van der Waals surface area contributed by atoms with Gasteiger partial charge < -0.3 is 0 Å². The second kappa shape index (κ2) is 8.98. The first kappa shape index (κ1) is 16.0. The second-order valence-electron chi connectivity index (χ2n) is 4.63. The molecule has 0 aliphatic heterocycles. The summed E-state index contributed by atoms with van der Waals surface area (Å²) in [6, 6.07) is 7.21. The summed E-state index contributed by atoms with van der Waals surface area (Å²) in [6.07, 6.45) is 5.66. The molecule has 0 aliphatic carbocycles. The van der Waals surface area contributed by atoms with Crippen molar-refractivity contribution in [3.05, 3.63) is 29.8 Å². The summed E-state index contributed by atoms with van der Waals surface area (Å²) >= 11 is 0.979. The molecule has 19 heavy (non-hydrogen) atoms. The van der Waals surface area contributed by atoms with Crippen molar-refractivity contribution >= 4 is 16.1 Å². The average molecular weight is 313 g/mol. The van der Waals surface area contributed by atoms with Crippen molar-refractivity contribution in [3.63, 3.8) is 0 Å². The fraction of sp³-hybridized carbons (Fsp3) is 0.467. The number of esters is 2. The van der Waals surface area contributed by atoms with E-state index in [1.54, 1.807) is 12.1 Å². The van der Waals surface area contributed by atoms with E-state index in [9.17, 15) is 9.59 Å². The molecule has 0 aromatic heterocycles. The molecule has 4 heteroatoms. The quantitative estimate of drug-likeness (QED) is 0.336. The van der Waals surface area contributed by atoms with Crippen molar-refractivity contribution in [1.29, 1.82) is 0 Å². The number of rotatable bonds is 7. The SMILES string of the molecule is CCCCCCCC(=O)OC(=O)c1ccc[c]([Zn])c1. The zero-order chi connectivity index (χ0) is 14.1. The van der Waals surface area contributed by atoms with Crippen LogP contribution < -0.4 is 4.16 Å². The number of benzene rings is 1. The molecule has 0 N–H and O–H groups in total. The molecule has 0 atom stereocenters. The molecule has 0 unspecified atom stereocenters. The summed E-state index contributed by atoms with van der Waals surface area (Å²) in [5.41, 5.74) is 0.461. The zero-order valence-corrected chi connectivity index (χ0v) is 14.5. The van der Waals surface area contributed by atoms with Crippen LogP contribution in [0.5, 0.6) is 0 Å². The third-order valence-corrected chi connectivity index (χ3v) is 3.78. The monoisotopic (exact) mass is 311 g/mol. The normalized spacial score (nSPS) is 10.3. The molecule has 0 aliphatic rings. The Hall–Kier alpha value is -1.02. The van der Waals surface area contributed by atoms with Crippen LogP contribution in [0.4, 0.5) is 0 Å². The van der Waals surface area contributed by atoms with Gasteiger partial charge in [-0.3, -0.25) is 0 Å². The van der Waals surface area contributed by atoms with Crippen LogP contribution in [0.3, 0.4) is 0 Å². The maximum atomic E-state index is 11.7. The van der Waals surface area contributed by atoms with Crippen molar-refractivity contribution < 1.29 is 32.6 Å². The summed E-state index contributed by atoms with van der Waals surface area (Å²) < 4.78 is 5.93. The van der Waals surface area contributed by atoms with Crippen molar-refractivity contribution in [2.45, 2.75) is 45.4 Å². The Morgan fingerprint density at radius 2 is 1.89 bits per heavy atom. The molecule has 0 fully saturated rings. The Labute approximate surface area is 124 Å². The van der Waals surface area contributed by atoms with E-state index in [1.807, 2.05) is 12.1 Å². The average Bonchev–Trinajstić information content (AvgIpc) is 2.38. The molecule has 0 bridgehead atoms. The molecule has 1 rings (SSSR count). The van der Waals surface area contributed by atoms with Crippen LogP contribution >= 0.6 is 0 Å². The molecule has 0 amide bonds. The molecule has 0 saturated carbocycles. The van der Waals surface area contributed by atoms with E-state index in [4.69, 9.17) is 4.74 Å². The van der Waals surface area contributed by atoms with E-state index < -0.39 is 11.9 Å². The van der Waals surface area contributed by atoms with Gasteiger partial charge in [0.05, 0.1) is 0 Å². The minimum absolute atomic E-state index is 0.329. The summed E-state index contributed by atoms with van der Waals surface area (Å²) in [5, 5.41) is 0. The number of carbonyl (C=O) groups excluding carboxylic acids is 2. The molecular weight excluding hydrogens is 294 g/mol. The summed E-state index contributed by atoms with van der Waals surface area (Å²) in [4.78, 5) is 23.2. The van der Waals surface area contributed by atoms with Gasteiger partial charge in [0.1, 0.15) is 0 Å². The Kier molecular flexibility index (Phi) is 7.58. The summed E-state index contributed by atoms with van der Waals surface area (Å²) in [7, 11) is 0. The third-order valence-electron chi connectivity index (χ3n) is 2.85. The Bertz CT molecular complexity index is 429. The van der Waals surface area contributed by atoms with Gasteiger partial charge in [0, 0.05) is 0 Å². The molecular formula is C15H19O3Zn.